The number of nitrogens with zero attached hydrogens (tertiary/aromatic N) is 3. The standard InChI is InChI=1S/C13H18ClN3O/c14-7-10-8-17(5-6-18-10)13-11-3-1-2-4-12(11)15-9-16-13/h9-10H,1-8H2. The van der Waals surface area contributed by atoms with Crippen molar-refractivity contribution < 1.29 is 4.74 Å². The van der Waals surface area contributed by atoms with Gasteiger partial charge in [-0.3, -0.25) is 0 Å². The third-order valence-corrected chi connectivity index (χ3v) is 4.06. The minimum atomic E-state index is 0.120. The number of aromatic nitrogens is 2. The summed E-state index contributed by atoms with van der Waals surface area (Å²) in [6.45, 7) is 2.47. The zero-order valence-electron chi connectivity index (χ0n) is 10.4. The molecule has 0 aromatic carbocycles. The van der Waals surface area contributed by atoms with E-state index in [4.69, 9.17) is 16.3 Å². The largest absolute Gasteiger partial charge is 0.373 e. The zero-order chi connectivity index (χ0) is 12.4. The molecule has 1 aromatic rings. The van der Waals surface area contributed by atoms with Gasteiger partial charge in [-0.05, 0) is 25.7 Å². The molecular weight excluding hydrogens is 250 g/mol. The number of hydrogen-bond donors (Lipinski definition) is 0. The predicted octanol–water partition coefficient (Wildman–Crippen LogP) is 1.80. The van der Waals surface area contributed by atoms with Gasteiger partial charge >= 0.3 is 0 Å². The Bertz CT molecular complexity index is 427. The Morgan fingerprint density at radius 2 is 2.22 bits per heavy atom. The SMILES string of the molecule is ClCC1CN(c2ncnc3c2CCCC3)CCO1. The molecule has 1 atom stereocenters. The van der Waals surface area contributed by atoms with Gasteiger partial charge in [0.05, 0.1) is 18.6 Å². The lowest BCUT2D eigenvalue weighted by atomic mass is 9.96. The van der Waals surface area contributed by atoms with Crippen LogP contribution in [-0.4, -0.2) is 41.6 Å². The maximum Gasteiger partial charge on any atom is 0.135 e. The molecule has 18 heavy (non-hydrogen) atoms. The van der Waals surface area contributed by atoms with Gasteiger partial charge in [0, 0.05) is 24.3 Å². The van der Waals surface area contributed by atoms with Crippen LogP contribution in [0.1, 0.15) is 24.1 Å². The van der Waals surface area contributed by atoms with E-state index >= 15 is 0 Å². The lowest BCUT2D eigenvalue weighted by Crippen LogP contribution is -2.44. The fourth-order valence-electron chi connectivity index (χ4n) is 2.78. The molecule has 0 radical (unpaired) electrons. The third kappa shape index (κ3) is 2.31. The maximum absolute atomic E-state index is 5.89. The van der Waals surface area contributed by atoms with E-state index in [0.717, 1.165) is 38.4 Å². The number of fused-ring (bicyclic) bond motifs is 1. The fraction of sp³-hybridized carbons (Fsp3) is 0.692. The van der Waals surface area contributed by atoms with Gasteiger partial charge in [0.1, 0.15) is 12.1 Å². The molecule has 1 aliphatic carbocycles. The van der Waals surface area contributed by atoms with Crippen LogP contribution in [0.25, 0.3) is 0 Å². The summed E-state index contributed by atoms with van der Waals surface area (Å²) >= 11 is 5.89. The molecule has 98 valence electrons. The van der Waals surface area contributed by atoms with Crippen LogP contribution in [0.3, 0.4) is 0 Å². The van der Waals surface area contributed by atoms with Crippen molar-refractivity contribution in [3.05, 3.63) is 17.6 Å². The van der Waals surface area contributed by atoms with Crippen molar-refractivity contribution in [1.29, 1.82) is 0 Å². The number of ether oxygens (including phenoxy) is 1. The van der Waals surface area contributed by atoms with Crippen LogP contribution in [0.2, 0.25) is 0 Å². The quantitative estimate of drug-likeness (QED) is 0.766. The molecule has 1 saturated heterocycles. The van der Waals surface area contributed by atoms with E-state index in [1.54, 1.807) is 6.33 Å². The molecule has 1 fully saturated rings. The lowest BCUT2D eigenvalue weighted by Gasteiger charge is -2.34. The maximum atomic E-state index is 5.89. The first-order valence-electron chi connectivity index (χ1n) is 6.63. The van der Waals surface area contributed by atoms with E-state index < -0.39 is 0 Å². The van der Waals surface area contributed by atoms with Gasteiger partial charge in [-0.2, -0.15) is 0 Å². The van der Waals surface area contributed by atoms with Crippen LogP contribution in [0, 0.1) is 0 Å². The molecule has 4 nitrogen and oxygen atoms in total. The monoisotopic (exact) mass is 267 g/mol. The van der Waals surface area contributed by atoms with Gasteiger partial charge in [-0.1, -0.05) is 0 Å². The number of aryl methyl sites for hydroxylation is 1. The van der Waals surface area contributed by atoms with Crippen molar-refractivity contribution in [2.75, 3.05) is 30.5 Å². The third-order valence-electron chi connectivity index (χ3n) is 3.71. The Kier molecular flexibility index (Phi) is 3.66. The minimum absolute atomic E-state index is 0.120. The predicted molar refractivity (Wildman–Crippen MR) is 71.3 cm³/mol. The molecule has 3 rings (SSSR count). The summed E-state index contributed by atoms with van der Waals surface area (Å²) in [5.74, 6) is 1.65. The summed E-state index contributed by atoms with van der Waals surface area (Å²) < 4.78 is 5.61. The van der Waals surface area contributed by atoms with Crippen LogP contribution >= 0.6 is 11.6 Å². The van der Waals surface area contributed by atoms with Crippen LogP contribution < -0.4 is 4.90 Å². The highest BCUT2D eigenvalue weighted by atomic mass is 35.5. The van der Waals surface area contributed by atoms with E-state index in [-0.39, 0.29) is 6.10 Å². The van der Waals surface area contributed by atoms with Crippen LogP contribution in [0.4, 0.5) is 5.82 Å². The van der Waals surface area contributed by atoms with Crippen LogP contribution in [0.5, 0.6) is 0 Å². The molecule has 5 heteroatoms. The minimum Gasteiger partial charge on any atom is -0.373 e. The van der Waals surface area contributed by atoms with Crippen molar-refractivity contribution >= 4 is 17.4 Å². The molecule has 0 N–H and O–H groups in total. The smallest absolute Gasteiger partial charge is 0.135 e. The number of anilines is 1. The Morgan fingerprint density at radius 3 is 3.11 bits per heavy atom. The second-order valence-corrected chi connectivity index (χ2v) is 5.23. The second-order valence-electron chi connectivity index (χ2n) is 4.92. The first-order valence-corrected chi connectivity index (χ1v) is 7.17. The van der Waals surface area contributed by atoms with Crippen molar-refractivity contribution in [2.24, 2.45) is 0 Å². The molecule has 1 aliphatic heterocycles. The Labute approximate surface area is 112 Å². The summed E-state index contributed by atoms with van der Waals surface area (Å²) in [5.41, 5.74) is 2.58. The van der Waals surface area contributed by atoms with Gasteiger partial charge < -0.3 is 9.64 Å². The summed E-state index contributed by atoms with van der Waals surface area (Å²) in [7, 11) is 0. The van der Waals surface area contributed by atoms with E-state index in [1.165, 1.54) is 24.1 Å². The summed E-state index contributed by atoms with van der Waals surface area (Å²) in [6.07, 6.45) is 6.51. The fourth-order valence-corrected chi connectivity index (χ4v) is 2.97. The number of halogens is 1. The van der Waals surface area contributed by atoms with E-state index in [1.807, 2.05) is 0 Å². The molecule has 1 aromatic heterocycles. The average molecular weight is 268 g/mol. The van der Waals surface area contributed by atoms with Gasteiger partial charge in [-0.15, -0.1) is 11.6 Å². The first kappa shape index (κ1) is 12.2. The molecule has 0 bridgehead atoms. The topological polar surface area (TPSA) is 38.2 Å². The van der Waals surface area contributed by atoms with Gasteiger partial charge in [-0.25, -0.2) is 9.97 Å². The number of alkyl halides is 1. The van der Waals surface area contributed by atoms with Gasteiger partial charge in [0.2, 0.25) is 0 Å². The normalized spacial score (nSPS) is 23.8. The highest BCUT2D eigenvalue weighted by Gasteiger charge is 2.25. The highest BCUT2D eigenvalue weighted by Crippen LogP contribution is 2.28. The molecule has 1 unspecified atom stereocenters. The number of rotatable bonds is 2. The van der Waals surface area contributed by atoms with Crippen molar-refractivity contribution in [1.82, 2.24) is 9.97 Å². The van der Waals surface area contributed by atoms with E-state index in [0.29, 0.717) is 5.88 Å². The highest BCUT2D eigenvalue weighted by molar-refractivity contribution is 6.18. The number of morpholine rings is 1. The average Bonchev–Trinajstić information content (AvgIpc) is 2.47. The molecule has 2 heterocycles. The van der Waals surface area contributed by atoms with Crippen molar-refractivity contribution in [2.45, 2.75) is 31.8 Å². The van der Waals surface area contributed by atoms with E-state index in [9.17, 15) is 0 Å². The summed E-state index contributed by atoms with van der Waals surface area (Å²) in [4.78, 5) is 11.2. The Balaban J connectivity index is 1.87. The molecule has 0 amide bonds. The Morgan fingerprint density at radius 1 is 1.33 bits per heavy atom. The van der Waals surface area contributed by atoms with Gasteiger partial charge in [0.15, 0.2) is 0 Å². The van der Waals surface area contributed by atoms with Crippen molar-refractivity contribution in [3.8, 4) is 0 Å². The summed E-state index contributed by atoms with van der Waals surface area (Å²) in [6, 6.07) is 0. The van der Waals surface area contributed by atoms with Crippen LogP contribution in [-0.2, 0) is 17.6 Å². The zero-order valence-corrected chi connectivity index (χ0v) is 11.2. The molecule has 0 spiro atoms. The number of hydrogen-bond acceptors (Lipinski definition) is 4. The van der Waals surface area contributed by atoms with Crippen molar-refractivity contribution in [3.63, 3.8) is 0 Å². The Hall–Kier alpha value is -0.870. The van der Waals surface area contributed by atoms with Gasteiger partial charge in [0.25, 0.3) is 0 Å². The molecular formula is C13H18ClN3O. The summed E-state index contributed by atoms with van der Waals surface area (Å²) in [5, 5.41) is 0. The molecule has 2 aliphatic rings. The lowest BCUT2D eigenvalue weighted by molar-refractivity contribution is 0.0551. The first-order chi connectivity index (χ1) is 8.88. The second kappa shape index (κ2) is 5.41. The molecule has 0 saturated carbocycles. The van der Waals surface area contributed by atoms with Crippen LogP contribution in [0.15, 0.2) is 6.33 Å². The van der Waals surface area contributed by atoms with E-state index in [2.05, 4.69) is 14.9 Å².